The van der Waals surface area contributed by atoms with Gasteiger partial charge in [-0.1, -0.05) is 79.6 Å². The molecular formula is C33H36N2O5. The molecule has 0 saturated heterocycles. The second-order valence-electron chi connectivity index (χ2n) is 9.54. The quantitative estimate of drug-likeness (QED) is 0.111. The van der Waals surface area contributed by atoms with Crippen molar-refractivity contribution in [2.75, 3.05) is 0 Å². The summed E-state index contributed by atoms with van der Waals surface area (Å²) < 4.78 is 11.8. The minimum Gasteiger partial charge on any atom is -0.487 e. The van der Waals surface area contributed by atoms with E-state index >= 15 is 0 Å². The average molecular weight is 541 g/mol. The highest BCUT2D eigenvalue weighted by molar-refractivity contribution is 5.66. The maximum Gasteiger partial charge on any atom is 0.303 e. The molecule has 2 N–H and O–H groups in total. The van der Waals surface area contributed by atoms with E-state index < -0.39 is 5.97 Å². The first-order valence-electron chi connectivity index (χ1n) is 13.7. The predicted molar refractivity (Wildman–Crippen MR) is 155 cm³/mol. The van der Waals surface area contributed by atoms with Crippen LogP contribution < -0.4 is 10.2 Å². The summed E-state index contributed by atoms with van der Waals surface area (Å²) in [5.74, 6) is 1.36. The molecule has 0 aliphatic heterocycles. The van der Waals surface area contributed by atoms with Crippen LogP contribution >= 0.6 is 0 Å². The Balaban J connectivity index is 1.24. The third kappa shape index (κ3) is 9.13. The number of benzene rings is 3. The minimum atomic E-state index is -0.728. The number of carbonyl (C=O) groups is 1. The highest BCUT2D eigenvalue weighted by atomic mass is 16.6. The number of aliphatic carboxylic acids is 1. The number of oxazole rings is 1. The fraction of sp³-hybridized carbons (Fsp3) is 0.273. The molecule has 0 bridgehead atoms. The number of aryl methyl sites for hydroxylation is 1. The zero-order valence-electron chi connectivity index (χ0n) is 22.8. The summed E-state index contributed by atoms with van der Waals surface area (Å²) in [5, 5.41) is 8.76. The van der Waals surface area contributed by atoms with Crippen LogP contribution in [0.1, 0.15) is 61.1 Å². The molecule has 0 amide bonds. The summed E-state index contributed by atoms with van der Waals surface area (Å²) in [5.41, 5.74) is 7.81. The third-order valence-electron chi connectivity index (χ3n) is 6.41. The molecule has 0 aliphatic carbocycles. The van der Waals surface area contributed by atoms with E-state index in [1.54, 1.807) is 0 Å². The molecule has 4 rings (SSSR count). The van der Waals surface area contributed by atoms with Gasteiger partial charge in [0.25, 0.3) is 0 Å². The van der Waals surface area contributed by atoms with Gasteiger partial charge < -0.3 is 14.3 Å². The normalized spacial score (nSPS) is 11.4. The first kappa shape index (κ1) is 28.6. The molecule has 208 valence electrons. The second kappa shape index (κ2) is 15.3. The van der Waals surface area contributed by atoms with Crippen LogP contribution in [0.3, 0.4) is 0 Å². The second-order valence-corrected chi connectivity index (χ2v) is 9.54. The lowest BCUT2D eigenvalue weighted by Crippen LogP contribution is -2.13. The lowest BCUT2D eigenvalue weighted by molar-refractivity contribution is -0.137. The number of hydrogen-bond donors (Lipinski definition) is 2. The first-order chi connectivity index (χ1) is 19.6. The number of hydroxylamine groups is 1. The van der Waals surface area contributed by atoms with Crippen molar-refractivity contribution in [3.63, 3.8) is 0 Å². The molecule has 0 radical (unpaired) electrons. The van der Waals surface area contributed by atoms with E-state index in [4.69, 9.17) is 19.1 Å². The van der Waals surface area contributed by atoms with E-state index in [0.29, 0.717) is 19.1 Å². The highest BCUT2D eigenvalue weighted by Crippen LogP contribution is 2.23. The molecule has 0 atom stereocenters. The lowest BCUT2D eigenvalue weighted by atomic mass is 10.1. The van der Waals surface area contributed by atoms with E-state index in [1.807, 2.05) is 91.9 Å². The number of aromatic nitrogens is 1. The largest absolute Gasteiger partial charge is 0.487 e. The molecule has 3 aromatic carbocycles. The Hall–Kier alpha value is -4.36. The monoisotopic (exact) mass is 540 g/mol. The van der Waals surface area contributed by atoms with Crippen LogP contribution in [0.2, 0.25) is 0 Å². The summed E-state index contributed by atoms with van der Waals surface area (Å²) in [6, 6.07) is 27.7. The predicted octanol–water partition coefficient (Wildman–Crippen LogP) is 7.72. The van der Waals surface area contributed by atoms with Crippen LogP contribution in [0.15, 0.2) is 95.4 Å². The van der Waals surface area contributed by atoms with Crippen LogP contribution in [-0.4, -0.2) is 16.1 Å². The number of hydrogen-bond acceptors (Lipinski definition) is 6. The van der Waals surface area contributed by atoms with Gasteiger partial charge in [-0.05, 0) is 61.6 Å². The lowest BCUT2D eigenvalue weighted by Gasteiger charge is -2.12. The Morgan fingerprint density at radius 2 is 1.60 bits per heavy atom. The van der Waals surface area contributed by atoms with E-state index in [9.17, 15) is 4.79 Å². The Morgan fingerprint density at radius 3 is 2.33 bits per heavy atom. The molecular weight excluding hydrogens is 504 g/mol. The fourth-order valence-corrected chi connectivity index (χ4v) is 4.15. The van der Waals surface area contributed by atoms with Gasteiger partial charge in [-0.3, -0.25) is 15.1 Å². The van der Waals surface area contributed by atoms with Crippen molar-refractivity contribution in [1.82, 2.24) is 10.5 Å². The minimum absolute atomic E-state index is 0.241. The van der Waals surface area contributed by atoms with Crippen molar-refractivity contribution in [3.8, 4) is 17.2 Å². The van der Waals surface area contributed by atoms with Crippen molar-refractivity contribution in [1.29, 1.82) is 0 Å². The van der Waals surface area contributed by atoms with Gasteiger partial charge in [-0.25, -0.2) is 4.98 Å². The first-order valence-corrected chi connectivity index (χ1v) is 13.7. The standard InChI is InChI=1S/C33H36N2O5/c1-25-31(34-33(40-25)28-15-9-6-10-16-28)24-38-29-21-19-26(20-22-29)23-39-35-30(27-13-7-5-8-14-27)17-11-3-2-4-12-18-32(36)37/h5-10,13-17,19-22,35H,2-4,11-12,18,23-24H2,1H3,(H,36,37). The summed E-state index contributed by atoms with van der Waals surface area (Å²) in [6.07, 6.45) is 6.93. The van der Waals surface area contributed by atoms with Gasteiger partial charge in [-0.2, -0.15) is 0 Å². The fourth-order valence-electron chi connectivity index (χ4n) is 4.15. The van der Waals surface area contributed by atoms with Crippen LogP contribution in [0.5, 0.6) is 5.75 Å². The zero-order chi connectivity index (χ0) is 28.0. The number of unbranched alkanes of at least 4 members (excludes halogenated alkanes) is 4. The van der Waals surface area contributed by atoms with Gasteiger partial charge in [0.05, 0.1) is 12.3 Å². The zero-order valence-corrected chi connectivity index (χ0v) is 22.8. The third-order valence-corrected chi connectivity index (χ3v) is 6.41. The topological polar surface area (TPSA) is 93.8 Å². The van der Waals surface area contributed by atoms with Crippen molar-refractivity contribution >= 4 is 11.7 Å². The van der Waals surface area contributed by atoms with Crippen LogP contribution in [0, 0.1) is 6.92 Å². The molecule has 7 heteroatoms. The number of nitrogens with zero attached hydrogens (tertiary/aromatic N) is 1. The van der Waals surface area contributed by atoms with E-state index in [-0.39, 0.29) is 6.42 Å². The molecule has 0 spiro atoms. The molecule has 1 aromatic heterocycles. The number of carboxylic acids is 1. The van der Waals surface area contributed by atoms with Crippen molar-refractivity contribution in [3.05, 3.63) is 114 Å². The maximum atomic E-state index is 10.6. The smallest absolute Gasteiger partial charge is 0.303 e. The van der Waals surface area contributed by atoms with Crippen LogP contribution in [0.25, 0.3) is 17.2 Å². The van der Waals surface area contributed by atoms with Crippen molar-refractivity contribution < 1.29 is 23.9 Å². The maximum absolute atomic E-state index is 10.6. The van der Waals surface area contributed by atoms with Crippen LogP contribution in [0.4, 0.5) is 0 Å². The average Bonchev–Trinajstić information content (AvgIpc) is 3.36. The molecule has 0 fully saturated rings. The molecule has 0 aliphatic rings. The Bertz CT molecular complexity index is 1350. The van der Waals surface area contributed by atoms with Gasteiger partial charge in [0.15, 0.2) is 0 Å². The van der Waals surface area contributed by atoms with Gasteiger partial charge in [0.1, 0.15) is 23.8 Å². The number of allylic oxidation sites excluding steroid dienone is 1. The molecule has 40 heavy (non-hydrogen) atoms. The van der Waals surface area contributed by atoms with Gasteiger partial charge in [-0.15, -0.1) is 0 Å². The molecule has 7 nitrogen and oxygen atoms in total. The molecule has 0 unspecified atom stereocenters. The summed E-state index contributed by atoms with van der Waals surface area (Å²) >= 11 is 0. The summed E-state index contributed by atoms with van der Waals surface area (Å²) in [4.78, 5) is 21.1. The number of rotatable bonds is 16. The molecule has 0 saturated carbocycles. The molecule has 1 heterocycles. The summed E-state index contributed by atoms with van der Waals surface area (Å²) in [6.45, 7) is 2.61. The Morgan fingerprint density at radius 1 is 0.900 bits per heavy atom. The van der Waals surface area contributed by atoms with Gasteiger partial charge in [0, 0.05) is 12.0 Å². The highest BCUT2D eigenvalue weighted by Gasteiger charge is 2.12. The number of ether oxygens (including phenoxy) is 1. The van der Waals surface area contributed by atoms with Crippen molar-refractivity contribution in [2.45, 2.75) is 58.7 Å². The van der Waals surface area contributed by atoms with Crippen LogP contribution in [-0.2, 0) is 22.8 Å². The van der Waals surface area contributed by atoms with E-state index in [1.165, 1.54) is 0 Å². The number of carboxylic acid groups (broad SMARTS) is 1. The molecule has 4 aromatic rings. The van der Waals surface area contributed by atoms with E-state index in [2.05, 4.69) is 16.5 Å². The van der Waals surface area contributed by atoms with Gasteiger partial charge >= 0.3 is 5.97 Å². The van der Waals surface area contributed by atoms with E-state index in [0.717, 1.165) is 71.7 Å². The number of nitrogens with one attached hydrogen (secondary N) is 1. The Labute approximate surface area is 235 Å². The summed E-state index contributed by atoms with van der Waals surface area (Å²) in [7, 11) is 0. The van der Waals surface area contributed by atoms with Crippen molar-refractivity contribution in [2.24, 2.45) is 0 Å². The Kier molecular flexibility index (Phi) is 10.9. The van der Waals surface area contributed by atoms with Gasteiger partial charge in [0.2, 0.25) is 5.89 Å². The SMILES string of the molecule is Cc1oc(-c2ccccc2)nc1COc1ccc(CONC(=CCCCCCCC(=O)O)c2ccccc2)cc1.